The molecule has 0 radical (unpaired) electrons. The van der Waals surface area contributed by atoms with Crippen molar-refractivity contribution in [3.8, 4) is 0 Å². The van der Waals surface area contributed by atoms with Gasteiger partial charge in [0.2, 0.25) is 0 Å². The first-order valence-electron chi connectivity index (χ1n) is 5.28. The summed E-state index contributed by atoms with van der Waals surface area (Å²) in [6, 6.07) is 0.398. The highest BCUT2D eigenvalue weighted by Crippen LogP contribution is 2.41. The molecule has 0 amide bonds. The van der Waals surface area contributed by atoms with E-state index in [1.54, 1.807) is 0 Å². The minimum Gasteiger partial charge on any atom is -0.512 e. The van der Waals surface area contributed by atoms with Crippen molar-refractivity contribution in [2.75, 3.05) is 14.2 Å². The van der Waals surface area contributed by atoms with Gasteiger partial charge in [0.1, 0.15) is 5.76 Å². The first-order valence-corrected chi connectivity index (χ1v) is 5.28. The van der Waals surface area contributed by atoms with Crippen LogP contribution >= 0.6 is 0 Å². The van der Waals surface area contributed by atoms with Gasteiger partial charge in [-0.2, -0.15) is 0 Å². The van der Waals surface area contributed by atoms with Crippen LogP contribution in [0.15, 0.2) is 11.3 Å². The molecule has 1 N–H and O–H groups in total. The molecular weight excluding hydrogens is 194 g/mol. The van der Waals surface area contributed by atoms with Crippen LogP contribution in [-0.2, 0) is 9.53 Å². The van der Waals surface area contributed by atoms with Gasteiger partial charge in [-0.3, -0.25) is 4.90 Å². The van der Waals surface area contributed by atoms with Gasteiger partial charge in [-0.25, -0.2) is 4.79 Å². The minimum atomic E-state index is -0.392. The molecule has 0 spiro atoms. The smallest absolute Gasteiger partial charge is 0.338 e. The zero-order chi connectivity index (χ0) is 11.2. The summed E-state index contributed by atoms with van der Waals surface area (Å²) < 4.78 is 4.72. The van der Waals surface area contributed by atoms with Crippen LogP contribution in [0.5, 0.6) is 0 Å². The molecule has 3 atom stereocenters. The number of ether oxygens (including phenoxy) is 1. The van der Waals surface area contributed by atoms with Crippen molar-refractivity contribution in [2.45, 2.75) is 31.8 Å². The van der Waals surface area contributed by atoms with Crippen molar-refractivity contribution < 1.29 is 14.6 Å². The lowest BCUT2D eigenvalue weighted by Crippen LogP contribution is -2.42. The van der Waals surface area contributed by atoms with Crippen molar-refractivity contribution in [2.24, 2.45) is 5.92 Å². The summed E-state index contributed by atoms with van der Waals surface area (Å²) in [6.07, 6.45) is 1.60. The molecule has 2 aliphatic heterocycles. The Morgan fingerprint density at radius 2 is 2.27 bits per heavy atom. The number of nitrogens with zero attached hydrogens (tertiary/aromatic N) is 1. The molecule has 0 aromatic rings. The highest BCUT2D eigenvalue weighted by molar-refractivity contribution is 5.90. The molecule has 2 bridgehead atoms. The molecule has 0 aliphatic carbocycles. The number of rotatable bonds is 1. The molecule has 0 aromatic heterocycles. The molecule has 15 heavy (non-hydrogen) atoms. The van der Waals surface area contributed by atoms with Gasteiger partial charge in [-0.15, -0.1) is 0 Å². The summed E-state index contributed by atoms with van der Waals surface area (Å²) in [5.41, 5.74) is 0.459. The largest absolute Gasteiger partial charge is 0.512 e. The van der Waals surface area contributed by atoms with E-state index in [0.717, 1.165) is 6.42 Å². The Hall–Kier alpha value is -1.03. The van der Waals surface area contributed by atoms with E-state index < -0.39 is 5.97 Å². The van der Waals surface area contributed by atoms with E-state index >= 15 is 0 Å². The van der Waals surface area contributed by atoms with E-state index in [2.05, 4.69) is 11.8 Å². The number of likely N-dealkylation sites (N-methyl/N-ethyl adjacent to an activating group) is 1. The predicted molar refractivity (Wildman–Crippen MR) is 55.4 cm³/mol. The van der Waals surface area contributed by atoms with Gasteiger partial charge in [0.15, 0.2) is 0 Å². The number of esters is 1. The first kappa shape index (κ1) is 10.5. The lowest BCUT2D eigenvalue weighted by molar-refractivity contribution is -0.137. The standard InChI is InChI=1S/C11H17NO3/c1-6-4-7-5-8(13)9(11(14)15-3)10(6)12(7)2/h6-7,10,13H,4-5H2,1-3H3/t6-,7+,10-/m1/s1. The zero-order valence-corrected chi connectivity index (χ0v) is 9.36. The molecule has 0 unspecified atom stereocenters. The maximum Gasteiger partial charge on any atom is 0.338 e. The number of hydrogen-bond donors (Lipinski definition) is 1. The third-order valence-corrected chi connectivity index (χ3v) is 3.64. The monoisotopic (exact) mass is 211 g/mol. The van der Waals surface area contributed by atoms with Crippen LogP contribution in [-0.4, -0.2) is 42.2 Å². The van der Waals surface area contributed by atoms with Crippen LogP contribution in [0.2, 0.25) is 0 Å². The molecule has 84 valence electrons. The van der Waals surface area contributed by atoms with Crippen molar-refractivity contribution in [1.29, 1.82) is 0 Å². The molecule has 1 saturated heterocycles. The van der Waals surface area contributed by atoms with Crippen molar-refractivity contribution >= 4 is 5.97 Å². The van der Waals surface area contributed by atoms with Crippen LogP contribution in [0.3, 0.4) is 0 Å². The summed E-state index contributed by atoms with van der Waals surface area (Å²) in [5, 5.41) is 9.84. The van der Waals surface area contributed by atoms with Crippen LogP contribution in [0, 0.1) is 5.92 Å². The van der Waals surface area contributed by atoms with E-state index in [0.29, 0.717) is 24.0 Å². The molecule has 4 heteroatoms. The van der Waals surface area contributed by atoms with Gasteiger partial charge in [0, 0.05) is 18.5 Å². The van der Waals surface area contributed by atoms with Crippen LogP contribution in [0.4, 0.5) is 0 Å². The Bertz CT molecular complexity index is 324. The number of methoxy groups -OCH3 is 1. The van der Waals surface area contributed by atoms with E-state index in [9.17, 15) is 9.90 Å². The van der Waals surface area contributed by atoms with Gasteiger partial charge in [0.25, 0.3) is 0 Å². The Morgan fingerprint density at radius 1 is 1.60 bits per heavy atom. The van der Waals surface area contributed by atoms with E-state index in [1.807, 2.05) is 7.05 Å². The van der Waals surface area contributed by atoms with Crippen molar-refractivity contribution in [1.82, 2.24) is 4.90 Å². The maximum absolute atomic E-state index is 11.6. The Morgan fingerprint density at radius 3 is 2.87 bits per heavy atom. The summed E-state index contributed by atoms with van der Waals surface area (Å²) in [4.78, 5) is 13.8. The highest BCUT2D eigenvalue weighted by atomic mass is 16.5. The minimum absolute atomic E-state index is 0.0243. The van der Waals surface area contributed by atoms with Crippen molar-refractivity contribution in [3.63, 3.8) is 0 Å². The van der Waals surface area contributed by atoms with Crippen LogP contribution in [0.25, 0.3) is 0 Å². The molecule has 0 aromatic carbocycles. The lowest BCUT2D eigenvalue weighted by atomic mass is 9.95. The summed E-state index contributed by atoms with van der Waals surface area (Å²) in [5.74, 6) is 0.231. The highest BCUT2D eigenvalue weighted by Gasteiger charge is 2.46. The van der Waals surface area contributed by atoms with Gasteiger partial charge in [-0.1, -0.05) is 6.92 Å². The summed E-state index contributed by atoms with van der Waals surface area (Å²) in [6.45, 7) is 2.11. The average Bonchev–Trinajstić information content (AvgIpc) is 2.38. The quantitative estimate of drug-likeness (QED) is 0.659. The van der Waals surface area contributed by atoms with E-state index in [4.69, 9.17) is 4.74 Å². The average molecular weight is 211 g/mol. The predicted octanol–water partition coefficient (Wildman–Crippen LogP) is 1.08. The maximum atomic E-state index is 11.6. The fraction of sp³-hybridized carbons (Fsp3) is 0.727. The number of aliphatic hydroxyl groups excluding tert-OH is 1. The molecule has 2 rings (SSSR count). The van der Waals surface area contributed by atoms with Gasteiger partial charge in [0.05, 0.1) is 12.7 Å². The Balaban J connectivity index is 2.38. The van der Waals surface area contributed by atoms with Crippen molar-refractivity contribution in [3.05, 3.63) is 11.3 Å². The van der Waals surface area contributed by atoms with Gasteiger partial charge in [-0.05, 0) is 19.4 Å². The number of hydrogen-bond acceptors (Lipinski definition) is 4. The molecular formula is C11H17NO3. The number of carbonyl (C=O) groups is 1. The number of fused-ring (bicyclic) bond motifs is 2. The second kappa shape index (κ2) is 3.52. The molecule has 2 aliphatic rings. The van der Waals surface area contributed by atoms with Crippen LogP contribution < -0.4 is 0 Å². The number of aliphatic hydroxyl groups is 1. The topological polar surface area (TPSA) is 49.8 Å². The molecule has 0 saturated carbocycles. The second-order valence-corrected chi connectivity index (χ2v) is 4.53. The van der Waals surface area contributed by atoms with Gasteiger partial charge >= 0.3 is 5.97 Å². The number of carbonyl (C=O) groups excluding carboxylic acids is 1. The normalized spacial score (nSPS) is 35.8. The third-order valence-electron chi connectivity index (χ3n) is 3.64. The Kier molecular flexibility index (Phi) is 2.46. The fourth-order valence-corrected chi connectivity index (χ4v) is 2.92. The lowest BCUT2D eigenvalue weighted by Gasteiger charge is -2.32. The second-order valence-electron chi connectivity index (χ2n) is 4.53. The van der Waals surface area contributed by atoms with Gasteiger partial charge < -0.3 is 9.84 Å². The Labute approximate surface area is 89.5 Å². The molecule has 2 heterocycles. The van der Waals surface area contributed by atoms with E-state index in [-0.39, 0.29) is 11.8 Å². The SMILES string of the molecule is COC(=O)C1=C(O)C[C@@H]2C[C@@H](C)[C@H]1N2C. The van der Waals surface area contributed by atoms with Crippen LogP contribution in [0.1, 0.15) is 19.8 Å². The first-order chi connectivity index (χ1) is 7.06. The zero-order valence-electron chi connectivity index (χ0n) is 9.36. The fourth-order valence-electron chi connectivity index (χ4n) is 2.92. The third kappa shape index (κ3) is 1.44. The molecule has 4 nitrogen and oxygen atoms in total. The summed E-state index contributed by atoms with van der Waals surface area (Å²) >= 11 is 0. The van der Waals surface area contributed by atoms with E-state index in [1.165, 1.54) is 7.11 Å². The summed E-state index contributed by atoms with van der Waals surface area (Å²) in [7, 11) is 3.36. The molecule has 1 fully saturated rings.